The fraction of sp³-hybridized carbons (Fsp3) is 0.133. The topological polar surface area (TPSA) is 88.9 Å². The van der Waals surface area contributed by atoms with Crippen molar-refractivity contribution in [1.82, 2.24) is 4.57 Å². The second-order valence-electron chi connectivity index (χ2n) is 4.48. The molecule has 1 amide bonds. The van der Waals surface area contributed by atoms with Crippen LogP contribution >= 0.6 is 0 Å². The van der Waals surface area contributed by atoms with Crippen molar-refractivity contribution in [3.63, 3.8) is 0 Å². The number of primary amides is 1. The molecule has 5 heteroatoms. The van der Waals surface area contributed by atoms with Crippen molar-refractivity contribution in [2.75, 3.05) is 0 Å². The predicted molar refractivity (Wildman–Crippen MR) is 74.2 cm³/mol. The minimum Gasteiger partial charge on any atom is -0.366 e. The Balaban J connectivity index is 2.41. The van der Waals surface area contributed by atoms with Crippen LogP contribution in [-0.4, -0.2) is 10.5 Å². The predicted octanol–water partition coefficient (Wildman–Crippen LogP) is 1.18. The van der Waals surface area contributed by atoms with Gasteiger partial charge < -0.3 is 10.3 Å². The Bertz CT molecular complexity index is 769. The summed E-state index contributed by atoms with van der Waals surface area (Å²) < 4.78 is 1.44. The molecular weight excluding hydrogens is 254 g/mol. The molecular formula is C15H13N3O2. The molecule has 0 atom stereocenters. The van der Waals surface area contributed by atoms with Crippen molar-refractivity contribution in [3.8, 4) is 6.07 Å². The Labute approximate surface area is 115 Å². The maximum atomic E-state index is 12.1. The Kier molecular flexibility index (Phi) is 3.67. The summed E-state index contributed by atoms with van der Waals surface area (Å²) in [7, 11) is 0. The van der Waals surface area contributed by atoms with Gasteiger partial charge in [0, 0.05) is 11.8 Å². The Morgan fingerprint density at radius 1 is 1.40 bits per heavy atom. The van der Waals surface area contributed by atoms with Gasteiger partial charge in [0.25, 0.3) is 5.56 Å². The monoisotopic (exact) mass is 267 g/mol. The SMILES string of the molecule is Cc1ccn(Cc2cccc(C(N)=O)c2)c(=O)c1C#N. The van der Waals surface area contributed by atoms with E-state index in [0.29, 0.717) is 11.1 Å². The largest absolute Gasteiger partial charge is 0.366 e. The number of aryl methyl sites for hydroxylation is 1. The zero-order valence-corrected chi connectivity index (χ0v) is 11.0. The van der Waals surface area contributed by atoms with Crippen molar-refractivity contribution >= 4 is 5.91 Å². The average molecular weight is 267 g/mol. The lowest BCUT2D eigenvalue weighted by Crippen LogP contribution is -2.23. The van der Waals surface area contributed by atoms with E-state index >= 15 is 0 Å². The minimum atomic E-state index is -0.513. The molecule has 0 fully saturated rings. The zero-order chi connectivity index (χ0) is 14.7. The minimum absolute atomic E-state index is 0.138. The molecule has 2 rings (SSSR count). The van der Waals surface area contributed by atoms with E-state index in [9.17, 15) is 9.59 Å². The number of benzene rings is 1. The van der Waals surface area contributed by atoms with Gasteiger partial charge in [-0.15, -0.1) is 0 Å². The van der Waals surface area contributed by atoms with Gasteiger partial charge in [-0.25, -0.2) is 0 Å². The van der Waals surface area contributed by atoms with Gasteiger partial charge in [-0.2, -0.15) is 5.26 Å². The lowest BCUT2D eigenvalue weighted by Gasteiger charge is -2.08. The first-order valence-corrected chi connectivity index (χ1v) is 6.02. The van der Waals surface area contributed by atoms with Gasteiger partial charge in [0.05, 0.1) is 6.54 Å². The third-order valence-electron chi connectivity index (χ3n) is 3.05. The van der Waals surface area contributed by atoms with E-state index in [-0.39, 0.29) is 17.7 Å². The van der Waals surface area contributed by atoms with Gasteiger partial charge in [-0.3, -0.25) is 9.59 Å². The molecule has 2 aromatic rings. The normalized spacial score (nSPS) is 10.0. The molecule has 20 heavy (non-hydrogen) atoms. The van der Waals surface area contributed by atoms with Gasteiger partial charge in [-0.05, 0) is 36.2 Å². The number of amides is 1. The fourth-order valence-electron chi connectivity index (χ4n) is 1.95. The average Bonchev–Trinajstić information content (AvgIpc) is 2.43. The van der Waals surface area contributed by atoms with E-state index in [0.717, 1.165) is 5.56 Å². The summed E-state index contributed by atoms with van der Waals surface area (Å²) in [5, 5.41) is 8.98. The molecule has 2 N–H and O–H groups in total. The number of rotatable bonds is 3. The van der Waals surface area contributed by atoms with E-state index < -0.39 is 5.91 Å². The molecule has 0 bridgehead atoms. The lowest BCUT2D eigenvalue weighted by atomic mass is 10.1. The van der Waals surface area contributed by atoms with Crippen LogP contribution in [0.5, 0.6) is 0 Å². The van der Waals surface area contributed by atoms with Gasteiger partial charge in [-0.1, -0.05) is 12.1 Å². The molecule has 100 valence electrons. The standard InChI is InChI=1S/C15H13N3O2/c1-10-5-6-18(15(20)13(10)8-16)9-11-3-2-4-12(7-11)14(17)19/h2-7H,9H2,1H3,(H2,17,19). The highest BCUT2D eigenvalue weighted by Gasteiger charge is 2.07. The fourth-order valence-corrected chi connectivity index (χ4v) is 1.95. The van der Waals surface area contributed by atoms with Crippen LogP contribution < -0.4 is 11.3 Å². The number of carbonyl (C=O) groups is 1. The van der Waals surface area contributed by atoms with E-state index in [1.807, 2.05) is 6.07 Å². The molecule has 1 heterocycles. The summed E-state index contributed by atoms with van der Waals surface area (Å²) in [6.07, 6.45) is 1.63. The van der Waals surface area contributed by atoms with E-state index in [4.69, 9.17) is 11.0 Å². The van der Waals surface area contributed by atoms with E-state index in [1.54, 1.807) is 43.5 Å². The summed E-state index contributed by atoms with van der Waals surface area (Å²) in [6, 6.07) is 10.4. The summed E-state index contributed by atoms with van der Waals surface area (Å²) in [6.45, 7) is 2.01. The molecule has 0 aliphatic rings. The van der Waals surface area contributed by atoms with E-state index in [2.05, 4.69) is 0 Å². The van der Waals surface area contributed by atoms with Crippen LogP contribution in [0.15, 0.2) is 41.3 Å². The van der Waals surface area contributed by atoms with Crippen molar-refractivity contribution in [2.24, 2.45) is 5.73 Å². The first-order valence-electron chi connectivity index (χ1n) is 6.02. The molecule has 0 saturated heterocycles. The first kappa shape index (κ1) is 13.6. The Morgan fingerprint density at radius 3 is 2.80 bits per heavy atom. The summed E-state index contributed by atoms with van der Waals surface area (Å²) in [4.78, 5) is 23.2. The van der Waals surface area contributed by atoms with Crippen LogP contribution in [0, 0.1) is 18.3 Å². The van der Waals surface area contributed by atoms with Crippen molar-refractivity contribution in [3.05, 3.63) is 69.1 Å². The third kappa shape index (κ3) is 2.59. The third-order valence-corrected chi connectivity index (χ3v) is 3.05. The van der Waals surface area contributed by atoms with Gasteiger partial charge in [0.2, 0.25) is 5.91 Å². The van der Waals surface area contributed by atoms with Crippen LogP contribution in [0.4, 0.5) is 0 Å². The molecule has 0 aliphatic heterocycles. The molecule has 0 aliphatic carbocycles. The highest BCUT2D eigenvalue weighted by Crippen LogP contribution is 2.07. The number of hydrogen-bond donors (Lipinski definition) is 1. The maximum absolute atomic E-state index is 12.1. The second kappa shape index (κ2) is 5.41. The number of hydrogen-bond acceptors (Lipinski definition) is 3. The number of carbonyl (C=O) groups excluding carboxylic acids is 1. The molecule has 0 unspecified atom stereocenters. The quantitative estimate of drug-likeness (QED) is 0.905. The van der Waals surface area contributed by atoms with Crippen LogP contribution in [0.1, 0.15) is 27.0 Å². The van der Waals surface area contributed by atoms with Crippen LogP contribution in [-0.2, 0) is 6.54 Å². The van der Waals surface area contributed by atoms with Gasteiger partial charge in [0.1, 0.15) is 11.6 Å². The van der Waals surface area contributed by atoms with Crippen molar-refractivity contribution < 1.29 is 4.79 Å². The van der Waals surface area contributed by atoms with Crippen LogP contribution in [0.3, 0.4) is 0 Å². The molecule has 5 nitrogen and oxygen atoms in total. The second-order valence-corrected chi connectivity index (χ2v) is 4.48. The molecule has 0 saturated carbocycles. The van der Waals surface area contributed by atoms with Crippen molar-refractivity contribution in [2.45, 2.75) is 13.5 Å². The smallest absolute Gasteiger partial charge is 0.269 e. The number of nitriles is 1. The highest BCUT2D eigenvalue weighted by atomic mass is 16.1. The maximum Gasteiger partial charge on any atom is 0.269 e. The summed E-state index contributed by atoms with van der Waals surface area (Å²) in [5.41, 5.74) is 6.84. The lowest BCUT2D eigenvalue weighted by molar-refractivity contribution is 0.1000. The number of nitrogens with zero attached hydrogens (tertiary/aromatic N) is 2. The summed E-state index contributed by atoms with van der Waals surface area (Å²) in [5.74, 6) is -0.513. The molecule has 0 radical (unpaired) electrons. The summed E-state index contributed by atoms with van der Waals surface area (Å²) >= 11 is 0. The molecule has 1 aromatic carbocycles. The Hall–Kier alpha value is -2.87. The van der Waals surface area contributed by atoms with Crippen molar-refractivity contribution in [1.29, 1.82) is 5.26 Å². The zero-order valence-electron chi connectivity index (χ0n) is 11.0. The number of aromatic nitrogens is 1. The van der Waals surface area contributed by atoms with Crippen LogP contribution in [0.2, 0.25) is 0 Å². The number of pyridine rings is 1. The van der Waals surface area contributed by atoms with Gasteiger partial charge >= 0.3 is 0 Å². The van der Waals surface area contributed by atoms with E-state index in [1.165, 1.54) is 4.57 Å². The highest BCUT2D eigenvalue weighted by molar-refractivity contribution is 5.92. The number of nitrogens with two attached hydrogens (primary N) is 1. The van der Waals surface area contributed by atoms with Gasteiger partial charge in [0.15, 0.2) is 0 Å². The van der Waals surface area contributed by atoms with Crippen LogP contribution in [0.25, 0.3) is 0 Å². The molecule has 1 aromatic heterocycles. The molecule has 0 spiro atoms. The Morgan fingerprint density at radius 2 is 2.15 bits per heavy atom. The first-order chi connectivity index (χ1) is 9.52.